The van der Waals surface area contributed by atoms with Gasteiger partial charge in [-0.3, -0.25) is 14.9 Å². The van der Waals surface area contributed by atoms with Crippen LogP contribution < -0.4 is 10.6 Å². The van der Waals surface area contributed by atoms with E-state index >= 15 is 0 Å². The molecule has 0 aromatic heterocycles. The highest BCUT2D eigenvalue weighted by Gasteiger charge is 2.21. The molecule has 9 heteroatoms. The zero-order valence-corrected chi connectivity index (χ0v) is 16.7. The Morgan fingerprint density at radius 2 is 1.85 bits per heavy atom. The largest absolute Gasteiger partial charge is 0.349 e. The number of amides is 1. The fourth-order valence-electron chi connectivity index (χ4n) is 2.76. The van der Waals surface area contributed by atoms with Crippen molar-refractivity contribution in [3.8, 4) is 0 Å². The number of non-ortho nitro benzene ring substituents is 1. The summed E-state index contributed by atoms with van der Waals surface area (Å²) < 4.78 is 0. The summed E-state index contributed by atoms with van der Waals surface area (Å²) in [6.45, 7) is 1.71. The monoisotopic (exact) mass is 427 g/mol. The van der Waals surface area contributed by atoms with Crippen molar-refractivity contribution in [1.82, 2.24) is 10.6 Å². The number of nitrogens with zero attached hydrogens (tertiary/aromatic N) is 1. The van der Waals surface area contributed by atoms with Crippen molar-refractivity contribution in [2.24, 2.45) is 0 Å². The molecule has 0 saturated carbocycles. The normalized spacial score (nSPS) is 14.3. The van der Waals surface area contributed by atoms with Crippen LogP contribution in [0.3, 0.4) is 0 Å². The molecule has 0 radical (unpaired) electrons. The van der Waals surface area contributed by atoms with Crippen molar-refractivity contribution in [3.05, 3.63) is 63.2 Å². The van der Waals surface area contributed by atoms with Gasteiger partial charge in [-0.1, -0.05) is 23.4 Å². The first-order chi connectivity index (χ1) is 12.5. The number of halogens is 2. The summed E-state index contributed by atoms with van der Waals surface area (Å²) in [5.74, 6) is -0.280. The maximum Gasteiger partial charge on any atom is 0.270 e. The highest BCUT2D eigenvalue weighted by atomic mass is 35.5. The molecule has 1 amide bonds. The summed E-state index contributed by atoms with van der Waals surface area (Å²) in [7, 11) is 0. The lowest BCUT2D eigenvalue weighted by molar-refractivity contribution is -0.384. The van der Waals surface area contributed by atoms with Gasteiger partial charge in [-0.2, -0.15) is 0 Å². The molecule has 1 fully saturated rings. The van der Waals surface area contributed by atoms with Gasteiger partial charge in [0.1, 0.15) is 0 Å². The van der Waals surface area contributed by atoms with Crippen molar-refractivity contribution >= 4 is 47.4 Å². The molecule has 0 bridgehead atoms. The second-order valence-corrected chi connectivity index (χ2v) is 7.54. The molecule has 2 aromatic carbocycles. The lowest BCUT2D eigenvalue weighted by Gasteiger charge is -2.24. The summed E-state index contributed by atoms with van der Waals surface area (Å²) in [6, 6.07) is 11.7. The number of piperidine rings is 1. The van der Waals surface area contributed by atoms with Crippen LogP contribution in [-0.4, -0.2) is 30.0 Å². The quantitative estimate of drug-likeness (QED) is 0.548. The first kappa shape index (κ1) is 21.5. The smallest absolute Gasteiger partial charge is 0.270 e. The van der Waals surface area contributed by atoms with Crippen LogP contribution in [0.25, 0.3) is 0 Å². The van der Waals surface area contributed by atoms with Crippen LogP contribution in [0, 0.1) is 10.1 Å². The topological polar surface area (TPSA) is 84.3 Å². The second kappa shape index (κ2) is 9.94. The van der Waals surface area contributed by atoms with Crippen molar-refractivity contribution < 1.29 is 9.72 Å². The summed E-state index contributed by atoms with van der Waals surface area (Å²) in [5.41, 5.74) is 0.221. The number of hydrogen-bond donors (Lipinski definition) is 2. The summed E-state index contributed by atoms with van der Waals surface area (Å²) >= 11 is 7.29. The zero-order chi connectivity index (χ0) is 18.5. The number of carbonyl (C=O) groups excluding carboxylic acids is 1. The van der Waals surface area contributed by atoms with Crippen LogP contribution in [0.5, 0.6) is 0 Å². The van der Waals surface area contributed by atoms with E-state index in [4.69, 9.17) is 11.6 Å². The Kier molecular flexibility index (Phi) is 7.91. The van der Waals surface area contributed by atoms with E-state index < -0.39 is 4.92 Å². The number of benzene rings is 2. The average Bonchev–Trinajstić information content (AvgIpc) is 2.64. The van der Waals surface area contributed by atoms with Gasteiger partial charge in [0.15, 0.2) is 0 Å². The minimum absolute atomic E-state index is 0. The Hall–Kier alpha value is -1.80. The van der Waals surface area contributed by atoms with Crippen molar-refractivity contribution in [1.29, 1.82) is 0 Å². The zero-order valence-electron chi connectivity index (χ0n) is 14.3. The van der Waals surface area contributed by atoms with Crippen LogP contribution in [0.4, 0.5) is 5.69 Å². The number of hydrogen-bond acceptors (Lipinski definition) is 5. The van der Waals surface area contributed by atoms with E-state index in [2.05, 4.69) is 10.6 Å². The highest BCUT2D eigenvalue weighted by Crippen LogP contribution is 2.33. The summed E-state index contributed by atoms with van der Waals surface area (Å²) in [6.07, 6.45) is 1.70. The van der Waals surface area contributed by atoms with Crippen molar-refractivity contribution in [2.75, 3.05) is 13.1 Å². The highest BCUT2D eigenvalue weighted by molar-refractivity contribution is 7.99. The SMILES string of the molecule is Cl.O=C(NC1CCNCC1)c1cc([N+](=O)[O-])ccc1Sc1ccc(Cl)cc1. The van der Waals surface area contributed by atoms with Gasteiger partial charge in [0.2, 0.25) is 0 Å². The molecule has 2 aromatic rings. The van der Waals surface area contributed by atoms with Gasteiger partial charge in [-0.05, 0) is 56.3 Å². The standard InChI is InChI=1S/C18H18ClN3O3S.ClH/c19-12-1-4-15(5-2-12)26-17-6-3-14(22(24)25)11-16(17)18(23)21-13-7-9-20-10-8-13;/h1-6,11,13,20H,7-10H2,(H,21,23);1H. The third-order valence-electron chi connectivity index (χ3n) is 4.13. The van der Waals surface area contributed by atoms with Gasteiger partial charge >= 0.3 is 0 Å². The maximum atomic E-state index is 12.8. The number of rotatable bonds is 5. The summed E-state index contributed by atoms with van der Waals surface area (Å²) in [4.78, 5) is 25.0. The number of carbonyl (C=O) groups is 1. The Morgan fingerprint density at radius 1 is 1.19 bits per heavy atom. The Bertz CT molecular complexity index is 812. The lowest BCUT2D eigenvalue weighted by Crippen LogP contribution is -2.42. The molecule has 1 aliphatic heterocycles. The minimum atomic E-state index is -0.488. The van der Waals surface area contributed by atoms with Crippen LogP contribution in [-0.2, 0) is 0 Å². The van der Waals surface area contributed by atoms with Crippen LogP contribution in [0.1, 0.15) is 23.2 Å². The van der Waals surface area contributed by atoms with Crippen molar-refractivity contribution in [3.63, 3.8) is 0 Å². The van der Waals surface area contributed by atoms with E-state index in [1.54, 1.807) is 18.2 Å². The fourth-order valence-corrected chi connectivity index (χ4v) is 3.81. The second-order valence-electron chi connectivity index (χ2n) is 5.99. The Balaban J connectivity index is 0.00000261. The molecular formula is C18H19Cl2N3O3S. The molecule has 1 aliphatic rings. The Morgan fingerprint density at radius 3 is 2.48 bits per heavy atom. The predicted octanol–water partition coefficient (Wildman–Crippen LogP) is 4.30. The van der Waals surface area contributed by atoms with E-state index in [9.17, 15) is 14.9 Å². The molecule has 0 unspecified atom stereocenters. The molecule has 1 heterocycles. The van der Waals surface area contributed by atoms with Gasteiger partial charge in [0.05, 0.1) is 10.5 Å². The van der Waals surface area contributed by atoms with Crippen LogP contribution in [0.15, 0.2) is 52.3 Å². The van der Waals surface area contributed by atoms with E-state index in [0.717, 1.165) is 30.8 Å². The molecule has 6 nitrogen and oxygen atoms in total. The Labute approximate surface area is 172 Å². The number of nitro benzene ring substituents is 1. The van der Waals surface area contributed by atoms with E-state index in [-0.39, 0.29) is 30.0 Å². The first-order valence-electron chi connectivity index (χ1n) is 8.26. The first-order valence-corrected chi connectivity index (χ1v) is 9.46. The molecule has 0 spiro atoms. The third-order valence-corrected chi connectivity index (χ3v) is 5.47. The van der Waals surface area contributed by atoms with Crippen molar-refractivity contribution in [2.45, 2.75) is 28.7 Å². The number of nitro groups is 1. The maximum absolute atomic E-state index is 12.8. The molecule has 2 N–H and O–H groups in total. The average molecular weight is 428 g/mol. The minimum Gasteiger partial charge on any atom is -0.349 e. The van der Waals surface area contributed by atoms with Crippen LogP contribution in [0.2, 0.25) is 5.02 Å². The van der Waals surface area contributed by atoms with E-state index in [1.165, 1.54) is 23.9 Å². The van der Waals surface area contributed by atoms with E-state index in [1.807, 2.05) is 12.1 Å². The fraction of sp³-hybridized carbons (Fsp3) is 0.278. The molecule has 1 saturated heterocycles. The number of nitrogens with one attached hydrogen (secondary N) is 2. The molecule has 144 valence electrons. The molecule has 27 heavy (non-hydrogen) atoms. The van der Waals surface area contributed by atoms with Gasteiger partial charge < -0.3 is 10.6 Å². The van der Waals surface area contributed by atoms with E-state index in [0.29, 0.717) is 15.5 Å². The predicted molar refractivity (Wildman–Crippen MR) is 109 cm³/mol. The molecule has 0 aliphatic carbocycles. The van der Waals surface area contributed by atoms with Gasteiger partial charge in [0, 0.05) is 33.0 Å². The third kappa shape index (κ3) is 5.84. The molecule has 3 rings (SSSR count). The lowest BCUT2D eigenvalue weighted by atomic mass is 10.1. The summed E-state index contributed by atoms with van der Waals surface area (Å²) in [5, 5.41) is 18.0. The molecule has 0 atom stereocenters. The van der Waals surface area contributed by atoms with Gasteiger partial charge in [0.25, 0.3) is 11.6 Å². The van der Waals surface area contributed by atoms with Gasteiger partial charge in [-0.25, -0.2) is 0 Å². The van der Waals surface area contributed by atoms with Gasteiger partial charge in [-0.15, -0.1) is 12.4 Å². The van der Waals surface area contributed by atoms with Crippen LogP contribution >= 0.6 is 35.8 Å². The molecular weight excluding hydrogens is 409 g/mol.